The molecule has 8 nitrogen and oxygen atoms in total. The van der Waals surface area contributed by atoms with Crippen molar-refractivity contribution in [3.63, 3.8) is 0 Å². The second-order valence-corrected chi connectivity index (χ2v) is 6.07. The third kappa shape index (κ3) is 3.66. The average molecular weight is 399 g/mol. The van der Waals surface area contributed by atoms with Crippen molar-refractivity contribution in [1.82, 2.24) is 4.90 Å². The number of hydrogen-bond donors (Lipinski definition) is 0. The lowest BCUT2D eigenvalue weighted by Crippen LogP contribution is -2.35. The summed E-state index contributed by atoms with van der Waals surface area (Å²) in [5.41, 5.74) is -0.291. The van der Waals surface area contributed by atoms with Crippen LogP contribution in [0.15, 0.2) is 60.1 Å². The molecule has 2 amide bonds. The quantitative estimate of drug-likeness (QED) is 0.318. The average Bonchev–Trinajstić information content (AvgIpc) is 2.94. The number of halogens is 1. The summed E-state index contributed by atoms with van der Waals surface area (Å²) in [5.74, 6) is -3.64. The highest BCUT2D eigenvalue weighted by atomic mass is 19.1. The van der Waals surface area contributed by atoms with Gasteiger partial charge < -0.3 is 14.8 Å². The predicted molar refractivity (Wildman–Crippen MR) is 99.7 cm³/mol. The van der Waals surface area contributed by atoms with Crippen molar-refractivity contribution >= 4 is 23.5 Å². The van der Waals surface area contributed by atoms with Crippen LogP contribution < -0.4 is 9.63 Å². The minimum absolute atomic E-state index is 0.0916. The molecule has 0 aliphatic carbocycles. The van der Waals surface area contributed by atoms with Crippen LogP contribution in [0.4, 0.5) is 10.1 Å². The molecule has 9 heteroatoms. The van der Waals surface area contributed by atoms with Gasteiger partial charge in [-0.2, -0.15) is 4.73 Å². The highest BCUT2D eigenvalue weighted by Crippen LogP contribution is 2.30. The first-order valence-electron chi connectivity index (χ1n) is 8.93. The zero-order valence-corrected chi connectivity index (χ0v) is 15.8. The van der Waals surface area contributed by atoms with Crippen LogP contribution in [0.1, 0.15) is 24.3 Å². The Hall–Kier alpha value is -3.75. The lowest BCUT2D eigenvalue weighted by molar-refractivity contribution is -0.608. The van der Waals surface area contributed by atoms with Crippen LogP contribution >= 0.6 is 0 Å². The lowest BCUT2D eigenvalue weighted by atomic mass is 10.3. The molecule has 1 aliphatic rings. The van der Waals surface area contributed by atoms with Gasteiger partial charge in [0.15, 0.2) is 11.9 Å². The summed E-state index contributed by atoms with van der Waals surface area (Å²) in [7, 11) is 0. The van der Waals surface area contributed by atoms with Gasteiger partial charge in [0, 0.05) is 25.2 Å². The van der Waals surface area contributed by atoms with Gasteiger partial charge in [0.05, 0.1) is 5.69 Å². The largest absolute Gasteiger partial charge is 0.618 e. The van der Waals surface area contributed by atoms with Gasteiger partial charge in [0.25, 0.3) is 5.91 Å². The number of carbonyl (C=O) groups excluding carboxylic acids is 3. The predicted octanol–water partition coefficient (Wildman–Crippen LogP) is 1.74. The molecule has 0 atom stereocenters. The number of amides is 2. The van der Waals surface area contributed by atoms with Crippen LogP contribution in [0.2, 0.25) is 0 Å². The van der Waals surface area contributed by atoms with E-state index in [4.69, 9.17) is 4.74 Å². The second kappa shape index (κ2) is 8.09. The molecule has 0 radical (unpaired) electrons. The zero-order valence-electron chi connectivity index (χ0n) is 15.8. The van der Waals surface area contributed by atoms with Gasteiger partial charge >= 0.3 is 17.6 Å². The van der Waals surface area contributed by atoms with Crippen LogP contribution in [-0.4, -0.2) is 35.8 Å². The second-order valence-electron chi connectivity index (χ2n) is 6.07. The molecule has 3 rings (SSSR count). The van der Waals surface area contributed by atoms with E-state index in [1.165, 1.54) is 30.3 Å². The Labute approximate surface area is 166 Å². The Morgan fingerprint density at radius 3 is 2.34 bits per heavy atom. The Morgan fingerprint density at radius 1 is 1.10 bits per heavy atom. The SMILES string of the molecule is CCN(CC)C1=C(OC(=O)c2cccc[n+]2[O-])C(=O)N(c2ccc(F)cc2)C1=O. The monoisotopic (exact) mass is 399 g/mol. The molecule has 0 saturated carbocycles. The minimum Gasteiger partial charge on any atom is -0.618 e. The summed E-state index contributed by atoms with van der Waals surface area (Å²) in [4.78, 5) is 40.8. The molecule has 1 aromatic carbocycles. The van der Waals surface area contributed by atoms with Crippen molar-refractivity contribution in [2.24, 2.45) is 0 Å². The molecule has 150 valence electrons. The fourth-order valence-electron chi connectivity index (χ4n) is 2.96. The summed E-state index contributed by atoms with van der Waals surface area (Å²) in [6.45, 7) is 4.29. The first-order valence-corrected chi connectivity index (χ1v) is 8.93. The highest BCUT2D eigenvalue weighted by Gasteiger charge is 2.44. The van der Waals surface area contributed by atoms with Gasteiger partial charge in [0.2, 0.25) is 5.76 Å². The molecule has 0 bridgehead atoms. The molecule has 1 aliphatic heterocycles. The van der Waals surface area contributed by atoms with Gasteiger partial charge in [-0.05, 0) is 44.2 Å². The number of imide groups is 1. The van der Waals surface area contributed by atoms with Gasteiger partial charge in [-0.25, -0.2) is 14.1 Å². The fourth-order valence-corrected chi connectivity index (χ4v) is 2.96. The number of rotatable bonds is 6. The number of likely N-dealkylation sites (N-methyl/N-ethyl adjacent to an activating group) is 1. The fraction of sp³-hybridized carbons (Fsp3) is 0.200. The molecule has 2 heterocycles. The maximum atomic E-state index is 13.2. The number of carbonyl (C=O) groups is 3. The molecule has 0 N–H and O–H groups in total. The number of pyridine rings is 1. The van der Waals surface area contributed by atoms with E-state index in [1.54, 1.807) is 18.7 Å². The van der Waals surface area contributed by atoms with Gasteiger partial charge in [-0.3, -0.25) is 9.59 Å². The Balaban J connectivity index is 2.03. The Morgan fingerprint density at radius 2 is 1.76 bits per heavy atom. The molecular formula is C20H18FN3O5. The van der Waals surface area contributed by atoms with E-state index in [2.05, 4.69) is 0 Å². The summed E-state index contributed by atoms with van der Waals surface area (Å²) >= 11 is 0. The van der Waals surface area contributed by atoms with E-state index in [0.29, 0.717) is 17.8 Å². The van der Waals surface area contributed by atoms with E-state index in [-0.39, 0.29) is 17.1 Å². The number of aromatic nitrogens is 1. The van der Waals surface area contributed by atoms with E-state index < -0.39 is 29.4 Å². The number of benzene rings is 1. The number of anilines is 1. The number of ether oxygens (including phenoxy) is 1. The number of hydrogen-bond acceptors (Lipinski definition) is 6. The van der Waals surface area contributed by atoms with Crippen LogP contribution in [0, 0.1) is 11.0 Å². The standard InChI is InChI=1S/C20H18FN3O5/c1-3-22(4-2)16-17(29-20(27)15-7-5-6-12-23(15)28)19(26)24(18(16)25)14-10-8-13(21)9-11-14/h5-12H,3-4H2,1-2H3. The van der Waals surface area contributed by atoms with Crippen molar-refractivity contribution in [1.29, 1.82) is 0 Å². The maximum Gasteiger partial charge on any atom is 0.410 e. The molecule has 0 spiro atoms. The smallest absolute Gasteiger partial charge is 0.410 e. The van der Waals surface area contributed by atoms with E-state index in [9.17, 15) is 24.0 Å². The summed E-state index contributed by atoms with van der Waals surface area (Å²) in [6.07, 6.45) is 1.11. The minimum atomic E-state index is -1.07. The molecule has 1 aromatic heterocycles. The molecule has 0 unspecified atom stereocenters. The molecule has 2 aromatic rings. The third-order valence-electron chi connectivity index (χ3n) is 4.41. The third-order valence-corrected chi connectivity index (χ3v) is 4.41. The first kappa shape index (κ1) is 20.0. The van der Waals surface area contributed by atoms with Crippen LogP contribution in [-0.2, 0) is 14.3 Å². The lowest BCUT2D eigenvalue weighted by Gasteiger charge is -2.22. The molecule has 0 fully saturated rings. The Kier molecular flexibility index (Phi) is 5.58. The molecule has 29 heavy (non-hydrogen) atoms. The van der Waals surface area contributed by atoms with Gasteiger partial charge in [0.1, 0.15) is 5.82 Å². The highest BCUT2D eigenvalue weighted by molar-refractivity contribution is 6.32. The number of esters is 1. The topological polar surface area (TPSA) is 93.9 Å². The van der Waals surface area contributed by atoms with Crippen LogP contribution in [0.25, 0.3) is 0 Å². The number of nitrogens with zero attached hydrogens (tertiary/aromatic N) is 3. The van der Waals surface area contributed by atoms with Crippen LogP contribution in [0.3, 0.4) is 0 Å². The molecular weight excluding hydrogens is 381 g/mol. The van der Waals surface area contributed by atoms with Crippen molar-refractivity contribution in [2.45, 2.75) is 13.8 Å². The van der Waals surface area contributed by atoms with Crippen molar-refractivity contribution in [3.05, 3.63) is 76.8 Å². The first-order chi connectivity index (χ1) is 13.9. The summed E-state index contributed by atoms with van der Waals surface area (Å²) < 4.78 is 18.8. The summed E-state index contributed by atoms with van der Waals surface area (Å²) in [6, 6.07) is 8.92. The van der Waals surface area contributed by atoms with Crippen molar-refractivity contribution in [3.8, 4) is 0 Å². The van der Waals surface area contributed by atoms with E-state index >= 15 is 0 Å². The molecule has 0 saturated heterocycles. The Bertz CT molecular complexity index is 999. The van der Waals surface area contributed by atoms with E-state index in [1.807, 2.05) is 0 Å². The van der Waals surface area contributed by atoms with Gasteiger partial charge in [-0.15, -0.1) is 0 Å². The van der Waals surface area contributed by atoms with Gasteiger partial charge in [-0.1, -0.05) is 0 Å². The van der Waals surface area contributed by atoms with Crippen molar-refractivity contribution < 1.29 is 28.2 Å². The maximum absolute atomic E-state index is 13.2. The van der Waals surface area contributed by atoms with Crippen LogP contribution in [0.5, 0.6) is 0 Å². The zero-order chi connectivity index (χ0) is 21.1. The normalized spacial score (nSPS) is 13.8. The van der Waals surface area contributed by atoms with E-state index in [0.717, 1.165) is 23.2 Å². The van der Waals surface area contributed by atoms with Crippen molar-refractivity contribution in [2.75, 3.05) is 18.0 Å². The summed E-state index contributed by atoms with van der Waals surface area (Å²) in [5, 5.41) is 11.8.